The average molecular weight is 194 g/mol. The van der Waals surface area contributed by atoms with Crippen LogP contribution in [0.5, 0.6) is 0 Å². The number of sulfonamides is 1. The number of likely N-dealkylation sites (N-methyl/N-ethyl adjacent to an activating group) is 2. The zero-order valence-electron chi connectivity index (χ0n) is 7.49. The Balaban J connectivity index is 4.23. The van der Waals surface area contributed by atoms with E-state index in [-0.39, 0.29) is 18.2 Å². The first-order valence-corrected chi connectivity index (χ1v) is 5.19. The summed E-state index contributed by atoms with van der Waals surface area (Å²) < 4.78 is 23.2. The highest BCUT2D eigenvalue weighted by atomic mass is 32.2. The third-order valence-electron chi connectivity index (χ3n) is 1.48. The van der Waals surface area contributed by atoms with Crippen LogP contribution in [0.25, 0.3) is 0 Å². The maximum atomic E-state index is 11.1. The van der Waals surface area contributed by atoms with Crippen LogP contribution in [0.2, 0.25) is 0 Å². The predicted molar refractivity (Wildman–Crippen MR) is 46.2 cm³/mol. The van der Waals surface area contributed by atoms with Crippen molar-refractivity contribution < 1.29 is 13.2 Å². The molecule has 0 heterocycles. The summed E-state index contributed by atoms with van der Waals surface area (Å²) in [4.78, 5) is 10.8. The first-order valence-electron chi connectivity index (χ1n) is 3.58. The summed E-state index contributed by atoms with van der Waals surface area (Å²) in [7, 11) is -0.381. The third kappa shape index (κ3) is 3.19. The summed E-state index contributed by atoms with van der Waals surface area (Å²) in [6.45, 7) is 1.42. The van der Waals surface area contributed by atoms with Gasteiger partial charge < -0.3 is 5.32 Å². The molecule has 0 rings (SSSR count). The smallest absolute Gasteiger partial charge is 0.235 e. The van der Waals surface area contributed by atoms with E-state index in [9.17, 15) is 13.2 Å². The van der Waals surface area contributed by atoms with Crippen LogP contribution in [0.4, 0.5) is 0 Å². The van der Waals surface area contributed by atoms with Gasteiger partial charge in [-0.15, -0.1) is 0 Å². The lowest BCUT2D eigenvalue weighted by Gasteiger charge is -2.14. The van der Waals surface area contributed by atoms with Crippen LogP contribution in [0.1, 0.15) is 6.92 Å². The van der Waals surface area contributed by atoms with Crippen molar-refractivity contribution in [3.05, 3.63) is 0 Å². The quantitative estimate of drug-likeness (QED) is 0.625. The average Bonchev–Trinajstić information content (AvgIpc) is 2.04. The maximum absolute atomic E-state index is 11.1. The fourth-order valence-electron chi connectivity index (χ4n) is 0.600. The zero-order chi connectivity index (χ0) is 9.78. The standard InChI is InChI=1S/C6H14N2O3S/c1-4-12(10,11)8(3)5-6(9)7-2/h4-5H2,1-3H3,(H,7,9). The van der Waals surface area contributed by atoms with Crippen molar-refractivity contribution >= 4 is 15.9 Å². The number of rotatable bonds is 4. The normalized spacial score (nSPS) is 11.7. The number of nitrogens with zero attached hydrogens (tertiary/aromatic N) is 1. The Morgan fingerprint density at radius 1 is 1.50 bits per heavy atom. The highest BCUT2D eigenvalue weighted by molar-refractivity contribution is 7.89. The Morgan fingerprint density at radius 2 is 2.00 bits per heavy atom. The van der Waals surface area contributed by atoms with Crippen LogP contribution in [0.3, 0.4) is 0 Å². The Labute approximate surface area is 72.8 Å². The number of hydrogen-bond acceptors (Lipinski definition) is 3. The number of carbonyl (C=O) groups is 1. The van der Waals surface area contributed by atoms with E-state index in [1.54, 1.807) is 0 Å². The summed E-state index contributed by atoms with van der Waals surface area (Å²) in [5, 5.41) is 2.35. The minimum Gasteiger partial charge on any atom is -0.358 e. The van der Waals surface area contributed by atoms with E-state index in [4.69, 9.17) is 0 Å². The highest BCUT2D eigenvalue weighted by Crippen LogP contribution is 1.95. The largest absolute Gasteiger partial charge is 0.358 e. The lowest BCUT2D eigenvalue weighted by atomic mass is 10.6. The van der Waals surface area contributed by atoms with Gasteiger partial charge in [0.25, 0.3) is 0 Å². The van der Waals surface area contributed by atoms with Crippen molar-refractivity contribution in [2.45, 2.75) is 6.92 Å². The fraction of sp³-hybridized carbons (Fsp3) is 0.833. The van der Waals surface area contributed by atoms with Gasteiger partial charge in [0.05, 0.1) is 12.3 Å². The molecule has 1 N–H and O–H groups in total. The first kappa shape index (κ1) is 11.4. The van der Waals surface area contributed by atoms with E-state index in [2.05, 4.69) is 5.32 Å². The molecule has 5 nitrogen and oxygen atoms in total. The monoisotopic (exact) mass is 194 g/mol. The van der Waals surface area contributed by atoms with Gasteiger partial charge in [-0.2, -0.15) is 4.31 Å². The minimum atomic E-state index is -3.23. The van der Waals surface area contributed by atoms with Gasteiger partial charge in [-0.05, 0) is 6.92 Å². The summed E-state index contributed by atoms with van der Waals surface area (Å²) in [6.07, 6.45) is 0. The molecule has 0 aliphatic heterocycles. The van der Waals surface area contributed by atoms with E-state index in [0.29, 0.717) is 0 Å². The molecule has 0 fully saturated rings. The Bertz CT molecular complexity index is 248. The molecule has 0 unspecified atom stereocenters. The first-order chi connectivity index (χ1) is 5.44. The fourth-order valence-corrected chi connectivity index (χ4v) is 1.35. The van der Waals surface area contributed by atoms with Gasteiger partial charge in [0.2, 0.25) is 15.9 Å². The molecule has 0 aliphatic rings. The topological polar surface area (TPSA) is 66.5 Å². The highest BCUT2D eigenvalue weighted by Gasteiger charge is 2.16. The molecule has 0 saturated heterocycles. The number of carbonyl (C=O) groups excluding carboxylic acids is 1. The molecule has 0 saturated carbocycles. The van der Waals surface area contributed by atoms with Crippen molar-refractivity contribution in [1.82, 2.24) is 9.62 Å². The van der Waals surface area contributed by atoms with Crippen molar-refractivity contribution in [1.29, 1.82) is 0 Å². The summed E-state index contributed by atoms with van der Waals surface area (Å²) in [6, 6.07) is 0. The Hall–Kier alpha value is -0.620. The molecule has 0 aromatic carbocycles. The summed E-state index contributed by atoms with van der Waals surface area (Å²) >= 11 is 0. The van der Waals surface area contributed by atoms with E-state index in [1.165, 1.54) is 21.0 Å². The molecule has 0 radical (unpaired) electrons. The van der Waals surface area contributed by atoms with Gasteiger partial charge in [-0.3, -0.25) is 4.79 Å². The lowest BCUT2D eigenvalue weighted by molar-refractivity contribution is -0.120. The van der Waals surface area contributed by atoms with Gasteiger partial charge in [0.1, 0.15) is 0 Å². The van der Waals surface area contributed by atoms with Gasteiger partial charge in [0, 0.05) is 14.1 Å². The van der Waals surface area contributed by atoms with Crippen LogP contribution in [0, 0.1) is 0 Å². The van der Waals surface area contributed by atoms with Crippen LogP contribution < -0.4 is 5.32 Å². The molecular formula is C6H14N2O3S. The van der Waals surface area contributed by atoms with E-state index in [1.807, 2.05) is 0 Å². The predicted octanol–water partition coefficient (Wildman–Crippen LogP) is -0.986. The Kier molecular flexibility index (Phi) is 4.19. The second kappa shape index (κ2) is 4.42. The molecule has 0 aromatic rings. The third-order valence-corrected chi connectivity index (χ3v) is 3.29. The van der Waals surface area contributed by atoms with Crippen molar-refractivity contribution in [3.63, 3.8) is 0 Å². The van der Waals surface area contributed by atoms with E-state index in [0.717, 1.165) is 4.31 Å². The Morgan fingerprint density at radius 3 is 2.33 bits per heavy atom. The molecule has 0 bridgehead atoms. The van der Waals surface area contributed by atoms with Crippen LogP contribution >= 0.6 is 0 Å². The van der Waals surface area contributed by atoms with Crippen LogP contribution in [0.15, 0.2) is 0 Å². The van der Waals surface area contributed by atoms with Crippen molar-refractivity contribution in [2.24, 2.45) is 0 Å². The molecule has 72 valence electrons. The summed E-state index contributed by atoms with van der Waals surface area (Å²) in [5.41, 5.74) is 0. The second-order valence-corrected chi connectivity index (χ2v) is 4.69. The second-order valence-electron chi connectivity index (χ2n) is 2.33. The van der Waals surface area contributed by atoms with Crippen molar-refractivity contribution in [2.75, 3.05) is 26.4 Å². The minimum absolute atomic E-state index is 0.0144. The van der Waals surface area contributed by atoms with Crippen LogP contribution in [-0.4, -0.2) is 45.0 Å². The number of nitrogens with one attached hydrogen (secondary N) is 1. The van der Waals surface area contributed by atoms with E-state index < -0.39 is 10.0 Å². The van der Waals surface area contributed by atoms with Crippen molar-refractivity contribution in [3.8, 4) is 0 Å². The summed E-state index contributed by atoms with van der Waals surface area (Å²) in [5.74, 6) is -0.296. The lowest BCUT2D eigenvalue weighted by Crippen LogP contribution is -2.37. The molecule has 12 heavy (non-hydrogen) atoms. The van der Waals surface area contributed by atoms with Gasteiger partial charge in [0.15, 0.2) is 0 Å². The number of hydrogen-bond donors (Lipinski definition) is 1. The van der Waals surface area contributed by atoms with E-state index >= 15 is 0 Å². The molecular weight excluding hydrogens is 180 g/mol. The molecule has 0 spiro atoms. The van der Waals surface area contributed by atoms with Gasteiger partial charge in [-0.25, -0.2) is 8.42 Å². The SMILES string of the molecule is CCS(=O)(=O)N(C)CC(=O)NC. The number of amides is 1. The molecule has 1 amide bonds. The van der Waals surface area contributed by atoms with Gasteiger partial charge >= 0.3 is 0 Å². The molecule has 0 aliphatic carbocycles. The zero-order valence-corrected chi connectivity index (χ0v) is 8.31. The molecule has 6 heteroatoms. The maximum Gasteiger partial charge on any atom is 0.235 e. The van der Waals surface area contributed by atoms with Crippen LogP contribution in [-0.2, 0) is 14.8 Å². The molecule has 0 aromatic heterocycles. The molecule has 0 atom stereocenters. The van der Waals surface area contributed by atoms with Gasteiger partial charge in [-0.1, -0.05) is 0 Å².